The van der Waals surface area contributed by atoms with E-state index < -0.39 is 0 Å². The van der Waals surface area contributed by atoms with Crippen molar-refractivity contribution in [3.63, 3.8) is 0 Å². The molecule has 0 heterocycles. The zero-order valence-electron chi connectivity index (χ0n) is 14.9. The molecule has 1 fully saturated rings. The van der Waals surface area contributed by atoms with Crippen LogP contribution >= 0.6 is 24.0 Å². The molecule has 1 aliphatic rings. The van der Waals surface area contributed by atoms with Crippen molar-refractivity contribution in [2.75, 3.05) is 66.8 Å². The van der Waals surface area contributed by atoms with E-state index in [0.29, 0.717) is 13.2 Å². The fraction of sp³-hybridized carbons (Fsp3) is 0.938. The maximum absolute atomic E-state index is 5.68. The third kappa shape index (κ3) is 12.9. The number of rotatable bonds is 13. The van der Waals surface area contributed by atoms with Crippen LogP contribution in [0.2, 0.25) is 0 Å². The molecule has 0 aliphatic heterocycles. The van der Waals surface area contributed by atoms with Crippen LogP contribution in [0.15, 0.2) is 4.99 Å². The van der Waals surface area contributed by atoms with Crippen LogP contribution in [0.25, 0.3) is 0 Å². The molecule has 23 heavy (non-hydrogen) atoms. The van der Waals surface area contributed by atoms with Gasteiger partial charge in [-0.25, -0.2) is 0 Å². The fourth-order valence-corrected chi connectivity index (χ4v) is 1.91. The molecule has 1 N–H and O–H groups in total. The Balaban J connectivity index is 0.00000484. The van der Waals surface area contributed by atoms with Crippen LogP contribution in [-0.2, 0) is 14.2 Å². The van der Waals surface area contributed by atoms with Crippen molar-refractivity contribution >= 4 is 29.9 Å². The topological polar surface area (TPSA) is 55.3 Å². The Kier molecular flexibility index (Phi) is 15.3. The van der Waals surface area contributed by atoms with Gasteiger partial charge in [0.15, 0.2) is 5.96 Å². The minimum absolute atomic E-state index is 0. The van der Waals surface area contributed by atoms with Gasteiger partial charge in [0.25, 0.3) is 0 Å². The molecule has 0 aromatic heterocycles. The predicted octanol–water partition coefficient (Wildman–Crippen LogP) is 1.98. The van der Waals surface area contributed by atoms with E-state index in [1.165, 1.54) is 12.8 Å². The number of nitrogens with one attached hydrogen (secondary N) is 1. The lowest BCUT2D eigenvalue weighted by Gasteiger charge is -2.22. The maximum Gasteiger partial charge on any atom is 0.193 e. The Labute approximate surface area is 158 Å². The highest BCUT2D eigenvalue weighted by Gasteiger charge is 2.21. The minimum Gasteiger partial charge on any atom is -0.382 e. The zero-order chi connectivity index (χ0) is 16.0. The van der Waals surface area contributed by atoms with Crippen LogP contribution < -0.4 is 5.32 Å². The van der Waals surface area contributed by atoms with Gasteiger partial charge in [-0.05, 0) is 32.1 Å². The number of methoxy groups -OCH3 is 1. The van der Waals surface area contributed by atoms with E-state index in [9.17, 15) is 0 Å². The molecule has 0 aromatic carbocycles. The van der Waals surface area contributed by atoms with Crippen molar-refractivity contribution in [3.8, 4) is 0 Å². The second-order valence-corrected chi connectivity index (χ2v) is 5.63. The Morgan fingerprint density at radius 3 is 2.61 bits per heavy atom. The lowest BCUT2D eigenvalue weighted by Crippen LogP contribution is -2.40. The summed E-state index contributed by atoms with van der Waals surface area (Å²) in [6.07, 6.45) is 3.60. The van der Waals surface area contributed by atoms with Crippen molar-refractivity contribution in [1.82, 2.24) is 10.2 Å². The normalized spacial score (nSPS) is 14.5. The predicted molar refractivity (Wildman–Crippen MR) is 105 cm³/mol. The summed E-state index contributed by atoms with van der Waals surface area (Å²) in [6.45, 7) is 8.29. The lowest BCUT2D eigenvalue weighted by molar-refractivity contribution is 0.0702. The van der Waals surface area contributed by atoms with Crippen LogP contribution in [0, 0.1) is 5.92 Å². The summed E-state index contributed by atoms with van der Waals surface area (Å²) in [5, 5.41) is 3.32. The molecular weight excluding hydrogens is 409 g/mol. The maximum atomic E-state index is 5.68. The molecule has 0 bridgehead atoms. The fourth-order valence-electron chi connectivity index (χ4n) is 1.91. The van der Waals surface area contributed by atoms with Crippen molar-refractivity contribution in [2.45, 2.75) is 26.2 Å². The van der Waals surface area contributed by atoms with E-state index in [-0.39, 0.29) is 24.0 Å². The molecule has 1 rings (SSSR count). The quantitative estimate of drug-likeness (QED) is 0.204. The van der Waals surface area contributed by atoms with E-state index in [0.717, 1.165) is 57.8 Å². The van der Waals surface area contributed by atoms with Crippen LogP contribution in [0.5, 0.6) is 0 Å². The Bertz CT molecular complexity index is 302. The van der Waals surface area contributed by atoms with E-state index in [2.05, 4.69) is 29.2 Å². The van der Waals surface area contributed by atoms with Gasteiger partial charge < -0.3 is 24.4 Å². The highest BCUT2D eigenvalue weighted by molar-refractivity contribution is 14.0. The molecule has 0 aromatic rings. The summed E-state index contributed by atoms with van der Waals surface area (Å²) in [4.78, 5) is 6.75. The third-order valence-corrected chi connectivity index (χ3v) is 3.46. The van der Waals surface area contributed by atoms with Gasteiger partial charge in [0, 0.05) is 47.0 Å². The van der Waals surface area contributed by atoms with Crippen LogP contribution in [0.3, 0.4) is 0 Å². The lowest BCUT2D eigenvalue weighted by atomic mass is 10.4. The summed E-state index contributed by atoms with van der Waals surface area (Å²) in [6, 6.07) is 0. The first kappa shape index (κ1) is 22.9. The number of aliphatic imine (C=N–C) groups is 1. The second-order valence-electron chi connectivity index (χ2n) is 5.63. The largest absolute Gasteiger partial charge is 0.382 e. The van der Waals surface area contributed by atoms with E-state index in [4.69, 9.17) is 14.2 Å². The molecular formula is C16H34IN3O3. The van der Waals surface area contributed by atoms with Crippen LogP contribution in [-0.4, -0.2) is 77.7 Å². The summed E-state index contributed by atoms with van der Waals surface area (Å²) >= 11 is 0. The molecule has 0 radical (unpaired) electrons. The smallest absolute Gasteiger partial charge is 0.193 e. The molecule has 0 unspecified atom stereocenters. The first-order chi connectivity index (χ1) is 10.8. The van der Waals surface area contributed by atoms with Crippen LogP contribution in [0.1, 0.15) is 26.2 Å². The summed E-state index contributed by atoms with van der Waals surface area (Å²) in [5.41, 5.74) is 0. The standard InChI is InChI=1S/C16H33N3O3.HI/c1-4-17-16(18-8-5-10-21-13-12-20-3)19(2)9-11-22-14-15-6-7-15;/h15H,4-14H2,1-3H3,(H,17,18);1H. The summed E-state index contributed by atoms with van der Waals surface area (Å²) in [7, 11) is 3.73. The van der Waals surface area contributed by atoms with Crippen molar-refractivity contribution in [2.24, 2.45) is 10.9 Å². The van der Waals surface area contributed by atoms with Gasteiger partial charge in [0.2, 0.25) is 0 Å². The van der Waals surface area contributed by atoms with Gasteiger partial charge in [0.05, 0.1) is 19.8 Å². The van der Waals surface area contributed by atoms with E-state index >= 15 is 0 Å². The van der Waals surface area contributed by atoms with Crippen LogP contribution in [0.4, 0.5) is 0 Å². The number of guanidine groups is 1. The van der Waals surface area contributed by atoms with E-state index in [1.54, 1.807) is 7.11 Å². The van der Waals surface area contributed by atoms with Crippen molar-refractivity contribution in [1.29, 1.82) is 0 Å². The molecule has 1 aliphatic carbocycles. The molecule has 0 saturated heterocycles. The van der Waals surface area contributed by atoms with Gasteiger partial charge >= 0.3 is 0 Å². The molecule has 138 valence electrons. The number of hydrogen-bond donors (Lipinski definition) is 1. The van der Waals surface area contributed by atoms with Gasteiger partial charge in [-0.1, -0.05) is 0 Å². The average molecular weight is 443 g/mol. The highest BCUT2D eigenvalue weighted by atomic mass is 127. The SMILES string of the molecule is CCNC(=NCCCOCCOC)N(C)CCOCC1CC1.I. The Morgan fingerprint density at radius 2 is 1.96 bits per heavy atom. The van der Waals surface area contributed by atoms with Gasteiger partial charge in [-0.2, -0.15) is 0 Å². The van der Waals surface area contributed by atoms with Gasteiger partial charge in [0.1, 0.15) is 0 Å². The monoisotopic (exact) mass is 443 g/mol. The summed E-state index contributed by atoms with van der Waals surface area (Å²) in [5.74, 6) is 1.76. The van der Waals surface area contributed by atoms with E-state index in [1.807, 2.05) is 0 Å². The van der Waals surface area contributed by atoms with Crippen molar-refractivity contribution in [3.05, 3.63) is 0 Å². The minimum atomic E-state index is 0. The number of ether oxygens (including phenoxy) is 3. The highest BCUT2D eigenvalue weighted by Crippen LogP contribution is 2.28. The Morgan fingerprint density at radius 1 is 1.17 bits per heavy atom. The van der Waals surface area contributed by atoms with Crippen molar-refractivity contribution < 1.29 is 14.2 Å². The second kappa shape index (κ2) is 15.4. The first-order valence-corrected chi connectivity index (χ1v) is 8.41. The number of likely N-dealkylation sites (N-methyl/N-ethyl adjacent to an activating group) is 1. The van der Waals surface area contributed by atoms with Gasteiger partial charge in [-0.3, -0.25) is 4.99 Å². The Hall–Kier alpha value is -0.120. The molecule has 0 amide bonds. The molecule has 7 heteroatoms. The molecule has 0 atom stereocenters. The number of nitrogens with zero attached hydrogens (tertiary/aromatic N) is 2. The first-order valence-electron chi connectivity index (χ1n) is 8.41. The van der Waals surface area contributed by atoms with Gasteiger partial charge in [-0.15, -0.1) is 24.0 Å². The summed E-state index contributed by atoms with van der Waals surface area (Å²) < 4.78 is 16.1. The molecule has 0 spiro atoms. The third-order valence-electron chi connectivity index (χ3n) is 3.46. The average Bonchev–Trinajstić information content (AvgIpc) is 3.33. The number of halogens is 1. The molecule has 6 nitrogen and oxygen atoms in total. The molecule has 1 saturated carbocycles. The zero-order valence-corrected chi connectivity index (χ0v) is 17.2. The number of hydrogen-bond acceptors (Lipinski definition) is 4.